The van der Waals surface area contributed by atoms with Gasteiger partial charge in [0.2, 0.25) is 0 Å². The van der Waals surface area contributed by atoms with Crippen molar-refractivity contribution in [3.63, 3.8) is 0 Å². The predicted molar refractivity (Wildman–Crippen MR) is 129 cm³/mol. The molecule has 1 aromatic carbocycles. The van der Waals surface area contributed by atoms with Crippen LogP contribution in [-0.2, 0) is 4.79 Å². The molecule has 1 aliphatic rings. The molecule has 1 N–H and O–H groups in total. The number of benzene rings is 1. The van der Waals surface area contributed by atoms with Crippen molar-refractivity contribution in [2.75, 3.05) is 17.2 Å². The second-order valence-electron chi connectivity index (χ2n) is 8.94. The number of thioether (sulfide) groups is 1. The van der Waals surface area contributed by atoms with Crippen LogP contribution in [0.15, 0.2) is 28.5 Å². The van der Waals surface area contributed by atoms with Gasteiger partial charge in [0.1, 0.15) is 0 Å². The fourth-order valence-corrected chi connectivity index (χ4v) is 5.22. The number of rotatable bonds is 6. The molecule has 31 heavy (non-hydrogen) atoms. The van der Waals surface area contributed by atoms with Crippen molar-refractivity contribution in [3.8, 4) is 0 Å². The van der Waals surface area contributed by atoms with Crippen LogP contribution in [0, 0.1) is 20.8 Å². The zero-order chi connectivity index (χ0) is 22.8. The molecule has 0 aliphatic carbocycles. The predicted octanol–water partition coefficient (Wildman–Crippen LogP) is 4.76. The molecule has 3 rings (SSSR count). The Morgan fingerprint density at radius 3 is 2.58 bits per heavy atom. The third-order valence-electron chi connectivity index (χ3n) is 5.78. The number of hydrogen-bond donors (Lipinski definition) is 1. The second-order valence-corrected chi connectivity index (χ2v) is 9.89. The first kappa shape index (κ1) is 23.3. The molecule has 0 bridgehead atoms. The number of nitrogens with zero attached hydrogens (tertiary/aromatic N) is 4. The number of anilines is 1. The first-order valence-corrected chi connectivity index (χ1v) is 11.8. The normalized spacial score (nSPS) is 17.6. The van der Waals surface area contributed by atoms with Gasteiger partial charge >= 0.3 is 0 Å². The van der Waals surface area contributed by atoms with E-state index in [2.05, 4.69) is 72.1 Å². The highest BCUT2D eigenvalue weighted by Crippen LogP contribution is 2.43. The lowest BCUT2D eigenvalue weighted by atomic mass is 9.79. The summed E-state index contributed by atoms with van der Waals surface area (Å²) >= 11 is 1.31. The lowest BCUT2D eigenvalue weighted by Gasteiger charge is -2.47. The minimum atomic E-state index is -0.174. The van der Waals surface area contributed by atoms with Crippen molar-refractivity contribution in [3.05, 3.63) is 46.3 Å². The van der Waals surface area contributed by atoms with Gasteiger partial charge in [-0.3, -0.25) is 4.79 Å². The summed E-state index contributed by atoms with van der Waals surface area (Å²) in [6, 6.07) is 6.39. The highest BCUT2D eigenvalue weighted by Gasteiger charge is 2.35. The summed E-state index contributed by atoms with van der Waals surface area (Å²) in [5.41, 5.74) is 9.42. The van der Waals surface area contributed by atoms with Gasteiger partial charge < -0.3 is 4.90 Å². The molecule has 166 valence electrons. The number of nitrogens with one attached hydrogen (secondary N) is 1. The van der Waals surface area contributed by atoms with Crippen LogP contribution in [0.25, 0.3) is 0 Å². The SMILES string of the molecule is CCN1c2cc(C)c(/C=N\NC(=O)CSc3nc(C)cc(C)n3)cc2C(C)CC1(C)C. The monoisotopic (exact) mass is 439 g/mol. The Morgan fingerprint density at radius 2 is 1.94 bits per heavy atom. The van der Waals surface area contributed by atoms with E-state index >= 15 is 0 Å². The summed E-state index contributed by atoms with van der Waals surface area (Å²) in [7, 11) is 0. The average molecular weight is 440 g/mol. The van der Waals surface area contributed by atoms with E-state index in [-0.39, 0.29) is 17.2 Å². The summed E-state index contributed by atoms with van der Waals surface area (Å²) < 4.78 is 0. The van der Waals surface area contributed by atoms with Crippen molar-refractivity contribution >= 4 is 29.6 Å². The van der Waals surface area contributed by atoms with Gasteiger partial charge in [0.15, 0.2) is 5.16 Å². The van der Waals surface area contributed by atoms with Crippen molar-refractivity contribution in [1.82, 2.24) is 15.4 Å². The van der Waals surface area contributed by atoms with Crippen molar-refractivity contribution in [1.29, 1.82) is 0 Å². The van der Waals surface area contributed by atoms with Gasteiger partial charge in [-0.25, -0.2) is 15.4 Å². The molecule has 1 aromatic heterocycles. The molecule has 2 heterocycles. The molecule has 0 saturated heterocycles. The zero-order valence-corrected chi connectivity index (χ0v) is 20.4. The Morgan fingerprint density at radius 1 is 1.26 bits per heavy atom. The maximum absolute atomic E-state index is 12.2. The minimum absolute atomic E-state index is 0.147. The Kier molecular flexibility index (Phi) is 7.04. The molecule has 6 nitrogen and oxygen atoms in total. The molecule has 1 amide bonds. The minimum Gasteiger partial charge on any atom is -0.366 e. The smallest absolute Gasteiger partial charge is 0.250 e. The molecule has 0 saturated carbocycles. The van der Waals surface area contributed by atoms with Crippen LogP contribution in [-0.4, -0.2) is 39.9 Å². The standard InChI is InChI=1S/C24H33N5OS/c1-8-29-21-9-15(2)19(11-20(21)16(3)12-24(29,6)7)13-25-28-22(30)14-31-23-26-17(4)10-18(5)27-23/h9-11,13,16H,8,12,14H2,1-7H3,(H,28,30)/b25-13-. The molecule has 1 unspecified atom stereocenters. The van der Waals surface area contributed by atoms with Crippen LogP contribution in [0.5, 0.6) is 0 Å². The van der Waals surface area contributed by atoms with Crippen LogP contribution in [0.1, 0.15) is 68.1 Å². The summed E-state index contributed by atoms with van der Waals surface area (Å²) in [5.74, 6) is 0.525. The molecule has 0 radical (unpaired) electrons. The number of fused-ring (bicyclic) bond motifs is 1. The summed E-state index contributed by atoms with van der Waals surface area (Å²) in [6.07, 6.45) is 2.86. The number of carbonyl (C=O) groups excluding carboxylic acids is 1. The number of hydrogen-bond acceptors (Lipinski definition) is 6. The molecule has 0 spiro atoms. The first-order chi connectivity index (χ1) is 14.6. The summed E-state index contributed by atoms with van der Waals surface area (Å²) in [4.78, 5) is 23.4. The number of aromatic nitrogens is 2. The van der Waals surface area contributed by atoms with E-state index in [1.807, 2.05) is 19.9 Å². The van der Waals surface area contributed by atoms with Crippen LogP contribution in [0.3, 0.4) is 0 Å². The summed E-state index contributed by atoms with van der Waals surface area (Å²) in [5, 5.41) is 4.81. The van der Waals surface area contributed by atoms with E-state index in [4.69, 9.17) is 0 Å². The quantitative estimate of drug-likeness (QED) is 0.304. The third kappa shape index (κ3) is 5.45. The number of hydrazone groups is 1. The van der Waals surface area contributed by atoms with E-state index in [0.29, 0.717) is 11.1 Å². The van der Waals surface area contributed by atoms with Gasteiger partial charge in [-0.2, -0.15) is 5.10 Å². The van der Waals surface area contributed by atoms with Gasteiger partial charge in [0, 0.05) is 29.2 Å². The largest absolute Gasteiger partial charge is 0.366 e. The molecular weight excluding hydrogens is 406 g/mol. The van der Waals surface area contributed by atoms with E-state index in [9.17, 15) is 4.79 Å². The second kappa shape index (κ2) is 9.39. The fraction of sp³-hybridized carbons (Fsp3) is 0.500. The Balaban J connectivity index is 1.67. The van der Waals surface area contributed by atoms with E-state index < -0.39 is 0 Å². The van der Waals surface area contributed by atoms with Crippen LogP contribution >= 0.6 is 11.8 Å². The lowest BCUT2D eigenvalue weighted by Crippen LogP contribution is -2.48. The number of carbonyl (C=O) groups is 1. The Labute approximate surface area is 189 Å². The molecular formula is C24H33N5OS. The van der Waals surface area contributed by atoms with Crippen LogP contribution in [0.4, 0.5) is 5.69 Å². The third-order valence-corrected chi connectivity index (χ3v) is 6.62. The number of amides is 1. The topological polar surface area (TPSA) is 70.5 Å². The Hall–Kier alpha value is -2.41. The highest BCUT2D eigenvalue weighted by atomic mass is 32.2. The number of aryl methyl sites for hydroxylation is 3. The van der Waals surface area contributed by atoms with Crippen LogP contribution < -0.4 is 10.3 Å². The average Bonchev–Trinajstić information content (AvgIpc) is 2.66. The van der Waals surface area contributed by atoms with E-state index in [1.54, 1.807) is 6.21 Å². The van der Waals surface area contributed by atoms with Crippen LogP contribution in [0.2, 0.25) is 0 Å². The highest BCUT2D eigenvalue weighted by molar-refractivity contribution is 7.99. The van der Waals surface area contributed by atoms with Gasteiger partial charge in [0.05, 0.1) is 12.0 Å². The van der Waals surface area contributed by atoms with E-state index in [0.717, 1.165) is 35.5 Å². The lowest BCUT2D eigenvalue weighted by molar-refractivity contribution is -0.118. The molecule has 2 aromatic rings. The Bertz CT molecular complexity index is 981. The maximum atomic E-state index is 12.2. The maximum Gasteiger partial charge on any atom is 0.250 e. The van der Waals surface area contributed by atoms with Gasteiger partial charge in [0.25, 0.3) is 5.91 Å². The molecule has 0 fully saturated rings. The molecule has 1 aliphatic heterocycles. The van der Waals surface area contributed by atoms with Gasteiger partial charge in [-0.15, -0.1) is 0 Å². The van der Waals surface area contributed by atoms with Crippen molar-refractivity contribution in [2.24, 2.45) is 5.10 Å². The van der Waals surface area contributed by atoms with Crippen molar-refractivity contribution in [2.45, 2.75) is 71.5 Å². The van der Waals surface area contributed by atoms with Gasteiger partial charge in [-0.1, -0.05) is 18.7 Å². The zero-order valence-electron chi connectivity index (χ0n) is 19.6. The van der Waals surface area contributed by atoms with E-state index in [1.165, 1.54) is 23.0 Å². The first-order valence-electron chi connectivity index (χ1n) is 10.8. The van der Waals surface area contributed by atoms with Gasteiger partial charge in [-0.05, 0) is 88.8 Å². The fourth-order valence-electron chi connectivity index (χ4n) is 4.48. The van der Waals surface area contributed by atoms with Crippen molar-refractivity contribution < 1.29 is 4.79 Å². The summed E-state index contributed by atoms with van der Waals surface area (Å²) in [6.45, 7) is 16.1. The molecule has 1 atom stereocenters. The molecule has 7 heteroatoms.